The minimum atomic E-state index is -1.25. The summed E-state index contributed by atoms with van der Waals surface area (Å²) in [5.74, 6) is -0.341. The Balaban J connectivity index is 1.19. The number of aliphatic carboxylic acids is 4. The van der Waals surface area contributed by atoms with Crippen molar-refractivity contribution in [2.75, 3.05) is 45.9 Å². The lowest BCUT2D eigenvalue weighted by atomic mass is 9.44. The molecule has 4 fully saturated rings. The first-order valence-corrected chi connectivity index (χ1v) is 20.3. The fourth-order valence-corrected chi connectivity index (χ4v) is 11.8. The van der Waals surface area contributed by atoms with Crippen molar-refractivity contribution < 1.29 is 49.1 Å². The molecule has 0 aromatic carbocycles. The van der Waals surface area contributed by atoms with Crippen LogP contribution < -0.4 is 5.32 Å². The normalized spacial score (nSPS) is 32.0. The highest BCUT2D eigenvalue weighted by Crippen LogP contribution is 2.68. The number of fused-ring (bicyclic) bond motifs is 5. The summed E-state index contributed by atoms with van der Waals surface area (Å²) in [6.07, 6.45) is 15.0. The molecule has 4 rings (SSSR count). The van der Waals surface area contributed by atoms with Crippen molar-refractivity contribution in [3.63, 3.8) is 0 Å². The molecule has 0 bridgehead atoms. The van der Waals surface area contributed by atoms with E-state index in [1.54, 1.807) is 0 Å². The van der Waals surface area contributed by atoms with Crippen LogP contribution in [0.2, 0.25) is 0 Å². The standard InChI is InChI=1S/C40H67N3O10/c1-5-8-26(2)30-12-13-31-29-11-10-27-21-28(14-16-39(27,3)32(29)15-17-40(30,31)4)53-25-34(44)41-18-7-6-9-33(38(51)52)43(24-37(49)50)20-19-42(22-35(45)46)23-36(47)48/h26-33H,5-25H2,1-4H3,(H,41,44)(H,45,46)(H,47,48)(H,49,50)(H,51,52)/t26-,27-,28+,29+,30-,31+,32+,33?,39+,40-/m1/s1. The van der Waals surface area contributed by atoms with Gasteiger partial charge in [-0.1, -0.05) is 40.5 Å². The van der Waals surface area contributed by atoms with Crippen LogP contribution in [0, 0.1) is 46.3 Å². The van der Waals surface area contributed by atoms with Crippen LogP contribution in [-0.2, 0) is 28.7 Å². The molecule has 53 heavy (non-hydrogen) atoms. The predicted molar refractivity (Wildman–Crippen MR) is 198 cm³/mol. The lowest BCUT2D eigenvalue weighted by Crippen LogP contribution is -2.54. The molecule has 5 N–H and O–H groups in total. The molecule has 0 aromatic rings. The van der Waals surface area contributed by atoms with Gasteiger partial charge < -0.3 is 30.5 Å². The maximum Gasteiger partial charge on any atom is 0.320 e. The maximum absolute atomic E-state index is 12.7. The molecule has 0 radical (unpaired) electrons. The van der Waals surface area contributed by atoms with E-state index >= 15 is 0 Å². The minimum Gasteiger partial charge on any atom is -0.480 e. The van der Waals surface area contributed by atoms with E-state index in [4.69, 9.17) is 14.9 Å². The average molecular weight is 750 g/mol. The second-order valence-corrected chi connectivity index (χ2v) is 17.4. The van der Waals surface area contributed by atoms with Gasteiger partial charge in [-0.15, -0.1) is 0 Å². The van der Waals surface area contributed by atoms with Gasteiger partial charge in [0.2, 0.25) is 5.91 Å². The topological polar surface area (TPSA) is 194 Å². The molecule has 302 valence electrons. The largest absolute Gasteiger partial charge is 0.480 e. The van der Waals surface area contributed by atoms with Gasteiger partial charge in [0.05, 0.1) is 25.7 Å². The van der Waals surface area contributed by atoms with E-state index in [2.05, 4.69) is 33.0 Å². The lowest BCUT2D eigenvalue weighted by Gasteiger charge is -2.61. The fourth-order valence-electron chi connectivity index (χ4n) is 11.8. The van der Waals surface area contributed by atoms with Crippen molar-refractivity contribution in [3.8, 4) is 0 Å². The van der Waals surface area contributed by atoms with E-state index < -0.39 is 49.6 Å². The van der Waals surface area contributed by atoms with Crippen LogP contribution in [0.3, 0.4) is 0 Å². The number of carboxylic acid groups (broad SMARTS) is 4. The van der Waals surface area contributed by atoms with E-state index in [0.717, 1.165) is 53.8 Å². The molecule has 0 spiro atoms. The van der Waals surface area contributed by atoms with Gasteiger partial charge in [0.15, 0.2) is 0 Å². The Kier molecular flexibility index (Phi) is 15.6. The third kappa shape index (κ3) is 10.9. The van der Waals surface area contributed by atoms with Crippen molar-refractivity contribution in [3.05, 3.63) is 0 Å². The Hall–Kier alpha value is -2.77. The Labute approximate surface area is 315 Å². The van der Waals surface area contributed by atoms with Gasteiger partial charge in [-0.25, -0.2) is 0 Å². The summed E-state index contributed by atoms with van der Waals surface area (Å²) in [6, 6.07) is -1.17. The quantitative estimate of drug-likeness (QED) is 0.0925. The molecule has 1 unspecified atom stereocenters. The van der Waals surface area contributed by atoms with Crippen molar-refractivity contribution >= 4 is 29.8 Å². The predicted octanol–water partition coefficient (Wildman–Crippen LogP) is 5.06. The second kappa shape index (κ2) is 19.2. The molecule has 0 aliphatic heterocycles. The average Bonchev–Trinajstić information content (AvgIpc) is 3.44. The molecule has 13 heteroatoms. The Morgan fingerprint density at radius 3 is 2.09 bits per heavy atom. The summed E-state index contributed by atoms with van der Waals surface area (Å²) in [5, 5.41) is 40.3. The molecule has 0 heterocycles. The van der Waals surface area contributed by atoms with Crippen LogP contribution in [0.5, 0.6) is 0 Å². The Bertz CT molecular complexity index is 1270. The summed E-state index contributed by atoms with van der Waals surface area (Å²) < 4.78 is 6.18. The van der Waals surface area contributed by atoms with Gasteiger partial charge in [-0.3, -0.25) is 33.8 Å². The number of carbonyl (C=O) groups is 5. The zero-order valence-corrected chi connectivity index (χ0v) is 32.6. The lowest BCUT2D eigenvalue weighted by molar-refractivity contribution is -0.148. The number of hydrogen-bond donors (Lipinski definition) is 5. The van der Waals surface area contributed by atoms with E-state index in [-0.39, 0.29) is 38.1 Å². The molecule has 4 saturated carbocycles. The summed E-state index contributed by atoms with van der Waals surface area (Å²) >= 11 is 0. The van der Waals surface area contributed by atoms with Gasteiger partial charge in [0.25, 0.3) is 0 Å². The molecule has 13 nitrogen and oxygen atoms in total. The summed E-state index contributed by atoms with van der Waals surface area (Å²) in [6.45, 7) is 8.33. The SMILES string of the molecule is CCC[C@@H](C)[C@H]1CC[C@H]2[C@@H]3CC[C@@H]4C[C@@H](OCC(=O)NCCCCC(C(=O)O)N(CCN(CC(=O)O)CC(=O)O)CC(=O)O)CC[C@]4(C)[C@H]3CC[C@]12C. The zero-order chi connectivity index (χ0) is 38.9. The summed E-state index contributed by atoms with van der Waals surface area (Å²) in [5.41, 5.74) is 0.854. The first kappa shape index (κ1) is 43.0. The van der Waals surface area contributed by atoms with Crippen LogP contribution in [0.1, 0.15) is 118 Å². The first-order valence-electron chi connectivity index (χ1n) is 20.3. The minimum absolute atomic E-state index is 0.00869. The smallest absolute Gasteiger partial charge is 0.320 e. The number of amides is 1. The number of carboxylic acids is 4. The third-order valence-corrected chi connectivity index (χ3v) is 14.3. The number of nitrogens with zero attached hydrogens (tertiary/aromatic N) is 2. The van der Waals surface area contributed by atoms with Gasteiger partial charge in [-0.05, 0) is 123 Å². The van der Waals surface area contributed by atoms with Crippen molar-refractivity contribution in [2.45, 2.75) is 130 Å². The van der Waals surface area contributed by atoms with E-state index in [1.165, 1.54) is 56.3 Å². The number of unbranched alkanes of at least 4 members (excludes halogenated alkanes) is 1. The van der Waals surface area contributed by atoms with Crippen LogP contribution in [-0.4, -0.2) is 118 Å². The fraction of sp³-hybridized carbons (Fsp3) is 0.875. The highest BCUT2D eigenvalue weighted by molar-refractivity contribution is 5.77. The van der Waals surface area contributed by atoms with E-state index in [0.29, 0.717) is 36.1 Å². The highest BCUT2D eigenvalue weighted by Gasteiger charge is 2.60. The van der Waals surface area contributed by atoms with Gasteiger partial charge in [-0.2, -0.15) is 0 Å². The highest BCUT2D eigenvalue weighted by atomic mass is 16.5. The number of rotatable bonds is 22. The molecule has 1 amide bonds. The van der Waals surface area contributed by atoms with Crippen molar-refractivity contribution in [2.24, 2.45) is 46.3 Å². The van der Waals surface area contributed by atoms with Crippen molar-refractivity contribution in [1.29, 1.82) is 0 Å². The second-order valence-electron chi connectivity index (χ2n) is 17.4. The zero-order valence-electron chi connectivity index (χ0n) is 32.6. The van der Waals surface area contributed by atoms with E-state index in [9.17, 15) is 34.2 Å². The maximum atomic E-state index is 12.7. The van der Waals surface area contributed by atoms with Crippen LogP contribution in [0.25, 0.3) is 0 Å². The van der Waals surface area contributed by atoms with E-state index in [1.807, 2.05) is 0 Å². The molecule has 0 saturated heterocycles. The molecule has 4 aliphatic rings. The van der Waals surface area contributed by atoms with Gasteiger partial charge in [0, 0.05) is 19.6 Å². The number of carbonyl (C=O) groups excluding carboxylic acids is 1. The van der Waals surface area contributed by atoms with Crippen LogP contribution in [0.4, 0.5) is 0 Å². The summed E-state index contributed by atoms with van der Waals surface area (Å²) in [7, 11) is 0. The molecular formula is C40H67N3O10. The Morgan fingerprint density at radius 2 is 1.45 bits per heavy atom. The molecule has 0 aromatic heterocycles. The molecular weight excluding hydrogens is 682 g/mol. The first-order chi connectivity index (χ1) is 25.1. The third-order valence-electron chi connectivity index (χ3n) is 14.3. The van der Waals surface area contributed by atoms with Gasteiger partial charge in [0.1, 0.15) is 12.6 Å². The summed E-state index contributed by atoms with van der Waals surface area (Å²) in [4.78, 5) is 60.9. The number of ether oxygens (including phenoxy) is 1. The molecule has 4 aliphatic carbocycles. The van der Waals surface area contributed by atoms with Crippen molar-refractivity contribution in [1.82, 2.24) is 15.1 Å². The van der Waals surface area contributed by atoms with Crippen LogP contribution in [0.15, 0.2) is 0 Å². The molecule has 10 atom stereocenters. The van der Waals surface area contributed by atoms with Crippen LogP contribution >= 0.6 is 0 Å². The number of nitrogens with one attached hydrogen (secondary N) is 1. The van der Waals surface area contributed by atoms with Gasteiger partial charge >= 0.3 is 23.9 Å². The number of hydrogen-bond acceptors (Lipinski definition) is 8. The monoisotopic (exact) mass is 749 g/mol. The Morgan fingerprint density at radius 1 is 0.792 bits per heavy atom.